The number of amides is 1. The average Bonchev–Trinajstić information content (AvgIpc) is 3.27. The van der Waals surface area contributed by atoms with Crippen LogP contribution >= 0.6 is 23.1 Å². The van der Waals surface area contributed by atoms with Crippen LogP contribution in [0.4, 0.5) is 0 Å². The number of amidine groups is 1. The largest absolute Gasteiger partial charge is 0.305 e. The number of aliphatic imine (C=N–C) groups is 1. The van der Waals surface area contributed by atoms with Crippen molar-refractivity contribution in [1.82, 2.24) is 5.32 Å². The van der Waals surface area contributed by atoms with E-state index in [1.165, 1.54) is 11.3 Å². The van der Waals surface area contributed by atoms with Gasteiger partial charge in [0.2, 0.25) is 11.7 Å². The first-order chi connectivity index (χ1) is 11.1. The summed E-state index contributed by atoms with van der Waals surface area (Å²) in [5, 5.41) is 5.43. The molecule has 118 valence electrons. The van der Waals surface area contributed by atoms with Crippen molar-refractivity contribution < 1.29 is 9.59 Å². The van der Waals surface area contributed by atoms with Crippen LogP contribution in [0.15, 0.2) is 46.8 Å². The van der Waals surface area contributed by atoms with Gasteiger partial charge in [-0.05, 0) is 23.9 Å². The Labute approximate surface area is 143 Å². The first kappa shape index (κ1) is 16.0. The van der Waals surface area contributed by atoms with E-state index in [2.05, 4.69) is 10.3 Å². The monoisotopic (exact) mass is 344 g/mol. The average molecular weight is 344 g/mol. The number of hydrogen-bond acceptors (Lipinski definition) is 5. The summed E-state index contributed by atoms with van der Waals surface area (Å²) in [4.78, 5) is 29.4. The maximum Gasteiger partial charge on any atom is 0.233 e. The predicted molar refractivity (Wildman–Crippen MR) is 95.5 cm³/mol. The third kappa shape index (κ3) is 3.71. The van der Waals surface area contributed by atoms with Crippen LogP contribution in [0.2, 0.25) is 0 Å². The Morgan fingerprint density at radius 2 is 2.00 bits per heavy atom. The minimum atomic E-state index is -0.287. The lowest BCUT2D eigenvalue weighted by molar-refractivity contribution is -0.120. The summed E-state index contributed by atoms with van der Waals surface area (Å²) >= 11 is 2.99. The van der Waals surface area contributed by atoms with Crippen molar-refractivity contribution in [3.8, 4) is 0 Å². The van der Waals surface area contributed by atoms with Crippen molar-refractivity contribution in [1.29, 1.82) is 0 Å². The van der Waals surface area contributed by atoms with Gasteiger partial charge in [0, 0.05) is 11.3 Å². The maximum atomic E-state index is 12.3. The fraction of sp³-hybridized carbons (Fsp3) is 0.235. The highest BCUT2D eigenvalue weighted by atomic mass is 32.2. The lowest BCUT2D eigenvalue weighted by Gasteiger charge is -2.12. The highest BCUT2D eigenvalue weighted by Crippen LogP contribution is 2.20. The fourth-order valence-corrected chi connectivity index (χ4v) is 3.67. The normalized spacial score (nSPS) is 15.1. The second-order valence-corrected chi connectivity index (χ2v) is 7.21. The molecule has 1 aliphatic rings. The smallest absolute Gasteiger partial charge is 0.233 e. The van der Waals surface area contributed by atoms with Crippen molar-refractivity contribution in [2.75, 3.05) is 12.3 Å². The molecule has 0 spiro atoms. The quantitative estimate of drug-likeness (QED) is 0.866. The van der Waals surface area contributed by atoms with Crippen molar-refractivity contribution >= 4 is 40.0 Å². The summed E-state index contributed by atoms with van der Waals surface area (Å²) in [6, 6.07) is 10.9. The van der Waals surface area contributed by atoms with E-state index >= 15 is 0 Å². The topological polar surface area (TPSA) is 58.5 Å². The molecule has 1 aromatic carbocycles. The number of carbonyl (C=O) groups is 2. The lowest BCUT2D eigenvalue weighted by Crippen LogP contribution is -2.31. The number of nitrogens with zero attached hydrogens (tertiary/aromatic N) is 1. The molecule has 0 unspecified atom stereocenters. The van der Waals surface area contributed by atoms with Crippen LogP contribution in [-0.4, -0.2) is 29.2 Å². The summed E-state index contributed by atoms with van der Waals surface area (Å²) in [6.07, 6.45) is 0. The first-order valence-electron chi connectivity index (χ1n) is 7.31. The number of nitrogens with one attached hydrogen (secondary N) is 1. The van der Waals surface area contributed by atoms with Crippen LogP contribution in [0.5, 0.6) is 0 Å². The third-order valence-electron chi connectivity index (χ3n) is 3.63. The van der Waals surface area contributed by atoms with Crippen LogP contribution in [0.3, 0.4) is 0 Å². The zero-order valence-corrected chi connectivity index (χ0v) is 14.2. The van der Waals surface area contributed by atoms with Gasteiger partial charge in [0.05, 0.1) is 17.3 Å². The standard InChI is InChI=1S/C17H16N2O2S2/c1-11(16(21)19-17-18-8-10-23-17)12-4-6-13(7-5-12)15(20)14-3-2-9-22-14/h2-7,9,11H,8,10H2,1H3,(H,18,19,21)/t11-/m0/s1. The van der Waals surface area contributed by atoms with Gasteiger partial charge in [0.15, 0.2) is 5.17 Å². The molecule has 1 N–H and O–H groups in total. The molecule has 1 aliphatic heterocycles. The van der Waals surface area contributed by atoms with E-state index in [4.69, 9.17) is 0 Å². The Kier molecular flexibility index (Phi) is 4.93. The molecule has 0 saturated carbocycles. The van der Waals surface area contributed by atoms with Crippen LogP contribution in [0.1, 0.15) is 33.6 Å². The molecule has 0 aliphatic carbocycles. The van der Waals surface area contributed by atoms with E-state index in [9.17, 15) is 9.59 Å². The van der Waals surface area contributed by atoms with Gasteiger partial charge in [0.25, 0.3) is 0 Å². The number of benzene rings is 1. The Morgan fingerprint density at radius 1 is 1.22 bits per heavy atom. The van der Waals surface area contributed by atoms with Crippen LogP contribution < -0.4 is 5.32 Å². The summed E-state index contributed by atoms with van der Waals surface area (Å²) in [5.41, 5.74) is 1.52. The van der Waals surface area contributed by atoms with Gasteiger partial charge in [-0.2, -0.15) is 0 Å². The number of hydrogen-bond donors (Lipinski definition) is 1. The van der Waals surface area contributed by atoms with E-state index in [0.29, 0.717) is 10.7 Å². The van der Waals surface area contributed by atoms with Crippen molar-refractivity contribution in [3.05, 3.63) is 57.8 Å². The zero-order chi connectivity index (χ0) is 16.2. The molecule has 3 rings (SSSR count). The highest BCUT2D eigenvalue weighted by Gasteiger charge is 2.19. The Bertz CT molecular complexity index is 736. The number of carbonyl (C=O) groups excluding carboxylic acids is 2. The van der Waals surface area contributed by atoms with E-state index in [1.807, 2.05) is 36.6 Å². The van der Waals surface area contributed by atoms with Crippen LogP contribution in [-0.2, 0) is 4.79 Å². The number of thioether (sulfide) groups is 1. The minimum Gasteiger partial charge on any atom is -0.305 e. The molecule has 1 amide bonds. The number of thiophene rings is 1. The van der Waals surface area contributed by atoms with E-state index in [-0.39, 0.29) is 17.6 Å². The van der Waals surface area contributed by atoms with E-state index in [1.54, 1.807) is 23.9 Å². The highest BCUT2D eigenvalue weighted by molar-refractivity contribution is 8.14. The van der Waals surface area contributed by atoms with E-state index in [0.717, 1.165) is 22.7 Å². The minimum absolute atomic E-state index is 0.0142. The third-order valence-corrected chi connectivity index (χ3v) is 5.39. The van der Waals surface area contributed by atoms with Gasteiger partial charge in [-0.1, -0.05) is 42.1 Å². The molecular weight excluding hydrogens is 328 g/mol. The SMILES string of the molecule is C[C@H](C(=O)NC1=NCCS1)c1ccc(C(=O)c2cccs2)cc1. The first-order valence-corrected chi connectivity index (χ1v) is 9.18. The van der Waals surface area contributed by atoms with Crippen molar-refractivity contribution in [2.45, 2.75) is 12.8 Å². The molecule has 2 aromatic rings. The maximum absolute atomic E-state index is 12.3. The number of rotatable bonds is 4. The molecule has 1 atom stereocenters. The Morgan fingerprint density at radius 3 is 2.61 bits per heavy atom. The van der Waals surface area contributed by atoms with Gasteiger partial charge < -0.3 is 5.32 Å². The second-order valence-electron chi connectivity index (χ2n) is 5.17. The van der Waals surface area contributed by atoms with Crippen molar-refractivity contribution in [2.24, 2.45) is 4.99 Å². The second kappa shape index (κ2) is 7.10. The molecule has 23 heavy (non-hydrogen) atoms. The molecular formula is C17H16N2O2S2. The zero-order valence-electron chi connectivity index (χ0n) is 12.6. The molecule has 0 bridgehead atoms. The van der Waals surface area contributed by atoms with Gasteiger partial charge >= 0.3 is 0 Å². The number of ketones is 1. The summed E-state index contributed by atoms with van der Waals surface area (Å²) in [7, 11) is 0. The van der Waals surface area contributed by atoms with Gasteiger partial charge in [-0.15, -0.1) is 11.3 Å². The lowest BCUT2D eigenvalue weighted by atomic mass is 9.98. The van der Waals surface area contributed by atoms with Crippen molar-refractivity contribution in [3.63, 3.8) is 0 Å². The molecule has 0 radical (unpaired) electrons. The molecule has 6 heteroatoms. The van der Waals surface area contributed by atoms with Crippen LogP contribution in [0, 0.1) is 0 Å². The summed E-state index contributed by atoms with van der Waals surface area (Å²) in [5.74, 6) is 0.574. The van der Waals surface area contributed by atoms with Crippen LogP contribution in [0.25, 0.3) is 0 Å². The Balaban J connectivity index is 1.68. The van der Waals surface area contributed by atoms with E-state index < -0.39 is 0 Å². The van der Waals surface area contributed by atoms with Gasteiger partial charge in [-0.3, -0.25) is 14.6 Å². The van der Waals surface area contributed by atoms with Gasteiger partial charge in [-0.25, -0.2) is 0 Å². The fourth-order valence-electron chi connectivity index (χ4n) is 2.25. The molecule has 4 nitrogen and oxygen atoms in total. The Hall–Kier alpha value is -1.92. The molecule has 0 fully saturated rings. The predicted octanol–water partition coefficient (Wildman–Crippen LogP) is 3.30. The summed E-state index contributed by atoms with van der Waals surface area (Å²) in [6.45, 7) is 2.61. The molecule has 2 heterocycles. The van der Waals surface area contributed by atoms with Gasteiger partial charge in [0.1, 0.15) is 0 Å². The molecule has 0 saturated heterocycles. The summed E-state index contributed by atoms with van der Waals surface area (Å²) < 4.78 is 0. The molecule has 1 aromatic heterocycles.